The van der Waals surface area contributed by atoms with Crippen LogP contribution in [0, 0.1) is 17.0 Å². The fourth-order valence-corrected chi connectivity index (χ4v) is 4.38. The van der Waals surface area contributed by atoms with Crippen molar-refractivity contribution in [2.75, 3.05) is 25.0 Å². The highest BCUT2D eigenvalue weighted by Crippen LogP contribution is 2.32. The summed E-state index contributed by atoms with van der Waals surface area (Å²) in [7, 11) is 0. The van der Waals surface area contributed by atoms with Gasteiger partial charge in [-0.1, -0.05) is 0 Å². The number of ether oxygens (including phenoxy) is 1. The second-order valence-corrected chi connectivity index (χ2v) is 8.80. The SMILES string of the molecule is Cc1ncc2c(n1)NCCCC2=Nc1ccc(Oc2ccc([N+](=O)[O-])cc2)cc1C(=O)N1CCCC1. The summed E-state index contributed by atoms with van der Waals surface area (Å²) in [5.74, 6) is 2.24. The van der Waals surface area contributed by atoms with E-state index in [0.29, 0.717) is 41.7 Å². The molecule has 2 aliphatic rings. The van der Waals surface area contributed by atoms with Gasteiger partial charge in [0.15, 0.2) is 0 Å². The van der Waals surface area contributed by atoms with Gasteiger partial charge in [-0.05, 0) is 62.9 Å². The first-order valence-electron chi connectivity index (χ1n) is 12.0. The Morgan fingerprint density at radius 3 is 2.61 bits per heavy atom. The van der Waals surface area contributed by atoms with E-state index >= 15 is 0 Å². The number of hydrogen-bond donors (Lipinski definition) is 1. The number of nitro benzene ring substituents is 1. The van der Waals surface area contributed by atoms with Crippen LogP contribution in [0.2, 0.25) is 0 Å². The minimum atomic E-state index is -0.460. The molecule has 0 aliphatic carbocycles. The molecule has 10 heteroatoms. The number of benzene rings is 2. The lowest BCUT2D eigenvalue weighted by Gasteiger charge is -2.18. The number of aryl methyl sites for hydroxylation is 1. The smallest absolute Gasteiger partial charge is 0.269 e. The summed E-state index contributed by atoms with van der Waals surface area (Å²) in [5, 5.41) is 14.3. The predicted molar refractivity (Wildman–Crippen MR) is 135 cm³/mol. The number of nitrogens with zero attached hydrogens (tertiary/aromatic N) is 5. The van der Waals surface area contributed by atoms with Crippen molar-refractivity contribution in [2.45, 2.75) is 32.6 Å². The van der Waals surface area contributed by atoms with E-state index in [0.717, 1.165) is 49.3 Å². The lowest BCUT2D eigenvalue weighted by molar-refractivity contribution is -0.384. The lowest BCUT2D eigenvalue weighted by Crippen LogP contribution is -2.27. The number of hydrogen-bond acceptors (Lipinski definition) is 8. The van der Waals surface area contributed by atoms with Crippen molar-refractivity contribution in [3.8, 4) is 11.5 Å². The molecular formula is C26H26N6O4. The molecule has 10 nitrogen and oxygen atoms in total. The zero-order chi connectivity index (χ0) is 25.1. The lowest BCUT2D eigenvalue weighted by atomic mass is 10.1. The Hall–Kier alpha value is -4.34. The zero-order valence-corrected chi connectivity index (χ0v) is 19.9. The molecule has 1 N–H and O–H groups in total. The van der Waals surface area contributed by atoms with E-state index < -0.39 is 4.92 Å². The van der Waals surface area contributed by atoms with Gasteiger partial charge < -0.3 is 15.0 Å². The van der Waals surface area contributed by atoms with Crippen LogP contribution in [0.1, 0.15) is 47.4 Å². The van der Waals surface area contributed by atoms with Gasteiger partial charge in [-0.25, -0.2) is 9.97 Å². The van der Waals surface area contributed by atoms with E-state index in [2.05, 4.69) is 15.3 Å². The summed E-state index contributed by atoms with van der Waals surface area (Å²) in [5.41, 5.74) is 2.66. The molecule has 36 heavy (non-hydrogen) atoms. The number of nitro groups is 1. The van der Waals surface area contributed by atoms with Gasteiger partial charge in [-0.3, -0.25) is 19.9 Å². The van der Waals surface area contributed by atoms with Crippen molar-refractivity contribution in [3.05, 3.63) is 75.7 Å². The highest BCUT2D eigenvalue weighted by atomic mass is 16.6. The fraction of sp³-hybridized carbons (Fsp3) is 0.308. The van der Waals surface area contributed by atoms with E-state index in [9.17, 15) is 14.9 Å². The normalized spacial score (nSPS) is 16.2. The fourth-order valence-electron chi connectivity index (χ4n) is 4.38. The molecule has 0 bridgehead atoms. The number of aromatic nitrogens is 2. The minimum Gasteiger partial charge on any atom is -0.457 e. The molecule has 0 spiro atoms. The van der Waals surface area contributed by atoms with Crippen molar-refractivity contribution >= 4 is 28.8 Å². The van der Waals surface area contributed by atoms with Crippen LogP contribution in [0.4, 0.5) is 17.2 Å². The molecule has 0 unspecified atom stereocenters. The van der Waals surface area contributed by atoms with Crippen molar-refractivity contribution in [3.63, 3.8) is 0 Å². The Kier molecular flexibility index (Phi) is 6.57. The number of carbonyl (C=O) groups is 1. The molecule has 0 atom stereocenters. The third-order valence-corrected chi connectivity index (χ3v) is 6.23. The summed E-state index contributed by atoms with van der Waals surface area (Å²) in [6, 6.07) is 11.1. The Morgan fingerprint density at radius 1 is 1.11 bits per heavy atom. The van der Waals surface area contributed by atoms with E-state index in [1.807, 2.05) is 11.8 Å². The number of amides is 1. The second-order valence-electron chi connectivity index (χ2n) is 8.80. The van der Waals surface area contributed by atoms with Gasteiger partial charge in [-0.2, -0.15) is 0 Å². The molecular weight excluding hydrogens is 460 g/mol. The summed E-state index contributed by atoms with van der Waals surface area (Å²) >= 11 is 0. The molecule has 1 aromatic heterocycles. The van der Waals surface area contributed by atoms with Crippen LogP contribution in [-0.2, 0) is 0 Å². The molecule has 3 heterocycles. The van der Waals surface area contributed by atoms with Gasteiger partial charge in [0.05, 0.1) is 27.4 Å². The largest absolute Gasteiger partial charge is 0.457 e. The number of anilines is 1. The number of non-ortho nitro benzene ring substituents is 1. The third-order valence-electron chi connectivity index (χ3n) is 6.23. The van der Waals surface area contributed by atoms with Crippen LogP contribution < -0.4 is 10.1 Å². The number of likely N-dealkylation sites (tertiary alicyclic amines) is 1. The van der Waals surface area contributed by atoms with Gasteiger partial charge >= 0.3 is 0 Å². The van der Waals surface area contributed by atoms with E-state index in [4.69, 9.17) is 9.73 Å². The highest BCUT2D eigenvalue weighted by molar-refractivity contribution is 6.08. The minimum absolute atomic E-state index is 0.0178. The maximum atomic E-state index is 13.5. The van der Waals surface area contributed by atoms with Crippen LogP contribution in [-0.4, -0.2) is 51.0 Å². The Bertz CT molecular complexity index is 1330. The molecule has 1 fully saturated rings. The first-order chi connectivity index (χ1) is 17.5. The Morgan fingerprint density at radius 2 is 1.86 bits per heavy atom. The predicted octanol–water partition coefficient (Wildman–Crippen LogP) is 5.05. The van der Waals surface area contributed by atoms with Gasteiger partial charge in [0.2, 0.25) is 0 Å². The van der Waals surface area contributed by atoms with Crippen LogP contribution in [0.25, 0.3) is 0 Å². The Labute approximate surface area is 208 Å². The zero-order valence-electron chi connectivity index (χ0n) is 19.9. The quantitative estimate of drug-likeness (QED) is 0.395. The Balaban J connectivity index is 1.52. The molecule has 3 aromatic rings. The molecule has 1 saturated heterocycles. The van der Waals surface area contributed by atoms with E-state index in [1.165, 1.54) is 24.3 Å². The number of fused-ring (bicyclic) bond motifs is 1. The van der Waals surface area contributed by atoms with Crippen molar-refractivity contribution in [1.29, 1.82) is 0 Å². The average molecular weight is 487 g/mol. The van der Waals surface area contributed by atoms with Gasteiger partial charge in [-0.15, -0.1) is 0 Å². The van der Waals surface area contributed by atoms with Crippen LogP contribution in [0.15, 0.2) is 53.7 Å². The first kappa shape index (κ1) is 23.4. The summed E-state index contributed by atoms with van der Waals surface area (Å²) in [6.07, 6.45) is 5.34. The standard InChI is InChI=1S/C26H26N6O4/c1-17-28-16-22-23(5-4-12-27-25(22)29-17)30-24-11-10-20(15-21(24)26(33)31-13-2-3-14-31)36-19-8-6-18(7-9-19)32(34)35/h6-11,15-16H,2-5,12-14H2,1H3,(H,27,28,29). The first-order valence-corrected chi connectivity index (χ1v) is 12.0. The third kappa shape index (κ3) is 5.02. The van der Waals surface area contributed by atoms with Crippen molar-refractivity contribution < 1.29 is 14.5 Å². The van der Waals surface area contributed by atoms with Crippen molar-refractivity contribution in [1.82, 2.24) is 14.9 Å². The molecule has 0 radical (unpaired) electrons. The number of rotatable bonds is 5. The van der Waals surface area contributed by atoms with E-state index in [-0.39, 0.29) is 11.6 Å². The summed E-state index contributed by atoms with van der Waals surface area (Å²) in [4.78, 5) is 39.6. The molecule has 2 aromatic carbocycles. The van der Waals surface area contributed by atoms with Crippen LogP contribution in [0.5, 0.6) is 11.5 Å². The van der Waals surface area contributed by atoms with Crippen LogP contribution >= 0.6 is 0 Å². The van der Waals surface area contributed by atoms with Gasteiger partial charge in [0, 0.05) is 38.0 Å². The molecule has 1 amide bonds. The monoisotopic (exact) mass is 486 g/mol. The molecule has 0 saturated carbocycles. The molecule has 2 aliphatic heterocycles. The maximum absolute atomic E-state index is 13.5. The number of aliphatic imine (C=N–C) groups is 1. The molecule has 184 valence electrons. The van der Waals surface area contributed by atoms with Crippen molar-refractivity contribution in [2.24, 2.45) is 4.99 Å². The maximum Gasteiger partial charge on any atom is 0.269 e. The number of nitrogens with one attached hydrogen (secondary N) is 1. The van der Waals surface area contributed by atoms with E-state index in [1.54, 1.807) is 24.4 Å². The van der Waals surface area contributed by atoms with Crippen LogP contribution in [0.3, 0.4) is 0 Å². The second kappa shape index (κ2) is 10.1. The number of carbonyl (C=O) groups excluding carboxylic acids is 1. The summed E-state index contributed by atoms with van der Waals surface area (Å²) < 4.78 is 5.93. The molecule has 5 rings (SSSR count). The highest BCUT2D eigenvalue weighted by Gasteiger charge is 2.24. The van der Waals surface area contributed by atoms with Gasteiger partial charge in [0.1, 0.15) is 23.1 Å². The topological polar surface area (TPSA) is 123 Å². The summed E-state index contributed by atoms with van der Waals surface area (Å²) in [6.45, 7) is 4.05. The van der Waals surface area contributed by atoms with Gasteiger partial charge in [0.25, 0.3) is 11.6 Å². The average Bonchev–Trinajstić information content (AvgIpc) is 3.35.